The quantitative estimate of drug-likeness (QED) is 0.257. The first-order valence-electron chi connectivity index (χ1n) is 8.42. The summed E-state index contributed by atoms with van der Waals surface area (Å²) in [6, 6.07) is 0. The van der Waals surface area contributed by atoms with Gasteiger partial charge in [0.1, 0.15) is 0 Å². The van der Waals surface area contributed by atoms with Crippen molar-refractivity contribution in [1.29, 1.82) is 0 Å². The third kappa shape index (κ3) is 8.53. The van der Waals surface area contributed by atoms with E-state index in [4.69, 9.17) is 9.47 Å². The lowest BCUT2D eigenvalue weighted by molar-refractivity contribution is -0.0657. The van der Waals surface area contributed by atoms with Crippen LogP contribution >= 0.6 is 24.0 Å². The van der Waals surface area contributed by atoms with Crippen LogP contribution < -0.4 is 10.6 Å². The Bertz CT molecular complexity index is 295. The number of ether oxygens (including phenoxy) is 2. The maximum absolute atomic E-state index is 6.19. The van der Waals surface area contributed by atoms with Crippen molar-refractivity contribution in [1.82, 2.24) is 10.6 Å². The van der Waals surface area contributed by atoms with Gasteiger partial charge in [-0.3, -0.25) is 4.99 Å². The van der Waals surface area contributed by atoms with E-state index in [-0.39, 0.29) is 29.6 Å². The van der Waals surface area contributed by atoms with Crippen LogP contribution in [0.3, 0.4) is 0 Å². The minimum Gasteiger partial charge on any atom is -0.380 e. The molecule has 0 aromatic carbocycles. The number of nitrogens with one attached hydrogen (secondary N) is 2. The molecule has 0 radical (unpaired) electrons. The lowest BCUT2D eigenvalue weighted by Gasteiger charge is -2.37. The fourth-order valence-electron chi connectivity index (χ4n) is 2.74. The molecule has 1 rings (SSSR count). The van der Waals surface area contributed by atoms with Gasteiger partial charge < -0.3 is 20.1 Å². The molecule has 0 aromatic heterocycles. The molecule has 5 nitrogen and oxygen atoms in total. The van der Waals surface area contributed by atoms with Gasteiger partial charge in [0.25, 0.3) is 0 Å². The Hall–Kier alpha value is -0.0800. The van der Waals surface area contributed by atoms with Gasteiger partial charge >= 0.3 is 0 Å². The van der Waals surface area contributed by atoms with Crippen molar-refractivity contribution in [2.75, 3.05) is 40.0 Å². The maximum atomic E-state index is 6.19. The second-order valence-corrected chi connectivity index (χ2v) is 5.64. The van der Waals surface area contributed by atoms with Gasteiger partial charge in [-0.15, -0.1) is 24.0 Å². The second-order valence-electron chi connectivity index (χ2n) is 5.64. The molecule has 0 unspecified atom stereocenters. The summed E-state index contributed by atoms with van der Waals surface area (Å²) in [6.45, 7) is 8.08. The Balaban J connectivity index is 0.00000441. The highest BCUT2D eigenvalue weighted by Gasteiger charge is 2.32. The summed E-state index contributed by atoms with van der Waals surface area (Å²) in [5.74, 6) is 0.833. The lowest BCUT2D eigenvalue weighted by atomic mass is 9.84. The largest absolute Gasteiger partial charge is 0.380 e. The third-order valence-corrected chi connectivity index (χ3v) is 3.92. The first-order chi connectivity index (χ1) is 10.3. The van der Waals surface area contributed by atoms with Crippen LogP contribution in [0.15, 0.2) is 4.99 Å². The SMILES string of the molecule is CCCOC1(CNC(=NC)NCCOCC)CCCCC1.I. The van der Waals surface area contributed by atoms with Gasteiger partial charge in [0, 0.05) is 33.4 Å². The van der Waals surface area contributed by atoms with Gasteiger partial charge in [0.15, 0.2) is 5.96 Å². The van der Waals surface area contributed by atoms with Crippen LogP contribution in [0.4, 0.5) is 0 Å². The molecule has 1 aliphatic carbocycles. The highest BCUT2D eigenvalue weighted by Crippen LogP contribution is 2.31. The molecule has 0 heterocycles. The molecule has 0 amide bonds. The molecule has 0 aliphatic heterocycles. The Morgan fingerprint density at radius 1 is 1.09 bits per heavy atom. The van der Waals surface area contributed by atoms with Crippen molar-refractivity contribution in [2.24, 2.45) is 4.99 Å². The van der Waals surface area contributed by atoms with E-state index in [1.807, 2.05) is 6.92 Å². The van der Waals surface area contributed by atoms with Crippen LogP contribution in [0.5, 0.6) is 0 Å². The normalized spacial score (nSPS) is 17.7. The molecule has 1 saturated carbocycles. The summed E-state index contributed by atoms with van der Waals surface area (Å²) in [5.41, 5.74) is -0.00814. The summed E-state index contributed by atoms with van der Waals surface area (Å²) in [6.07, 6.45) is 7.23. The van der Waals surface area contributed by atoms with E-state index < -0.39 is 0 Å². The topological polar surface area (TPSA) is 54.9 Å². The van der Waals surface area contributed by atoms with Crippen LogP contribution in [-0.4, -0.2) is 51.5 Å². The van der Waals surface area contributed by atoms with Gasteiger partial charge in [0.05, 0.1) is 12.2 Å². The summed E-state index contributed by atoms with van der Waals surface area (Å²) < 4.78 is 11.5. The van der Waals surface area contributed by atoms with E-state index in [0.29, 0.717) is 6.61 Å². The van der Waals surface area contributed by atoms with Crippen LogP contribution in [0.1, 0.15) is 52.4 Å². The minimum atomic E-state index is -0.00814. The summed E-state index contributed by atoms with van der Waals surface area (Å²) in [7, 11) is 1.80. The van der Waals surface area contributed by atoms with Crippen molar-refractivity contribution in [3.63, 3.8) is 0 Å². The number of halogens is 1. The number of nitrogens with zero attached hydrogens (tertiary/aromatic N) is 1. The highest BCUT2D eigenvalue weighted by atomic mass is 127. The number of aliphatic imine (C=N–C) groups is 1. The van der Waals surface area contributed by atoms with E-state index in [1.54, 1.807) is 7.05 Å². The zero-order valence-corrected chi connectivity index (χ0v) is 16.8. The number of rotatable bonds is 9. The van der Waals surface area contributed by atoms with E-state index in [2.05, 4.69) is 22.5 Å². The highest BCUT2D eigenvalue weighted by molar-refractivity contribution is 14.0. The Kier molecular flexibility index (Phi) is 13.3. The predicted octanol–water partition coefficient (Wildman–Crippen LogP) is 2.94. The predicted molar refractivity (Wildman–Crippen MR) is 103 cm³/mol. The van der Waals surface area contributed by atoms with Crippen molar-refractivity contribution in [2.45, 2.75) is 58.0 Å². The summed E-state index contributed by atoms with van der Waals surface area (Å²) >= 11 is 0. The smallest absolute Gasteiger partial charge is 0.191 e. The molecule has 1 fully saturated rings. The monoisotopic (exact) mass is 427 g/mol. The van der Waals surface area contributed by atoms with Crippen molar-refractivity contribution in [3.05, 3.63) is 0 Å². The average Bonchev–Trinajstić information content (AvgIpc) is 2.53. The Labute approximate surface area is 153 Å². The van der Waals surface area contributed by atoms with Crippen LogP contribution in [-0.2, 0) is 9.47 Å². The molecular weight excluding hydrogens is 393 g/mol. The van der Waals surface area contributed by atoms with E-state index in [0.717, 1.165) is 51.5 Å². The molecule has 0 atom stereocenters. The first kappa shape index (κ1) is 21.9. The van der Waals surface area contributed by atoms with Crippen molar-refractivity contribution in [3.8, 4) is 0 Å². The van der Waals surface area contributed by atoms with E-state index in [9.17, 15) is 0 Å². The van der Waals surface area contributed by atoms with Gasteiger partial charge in [0.2, 0.25) is 0 Å². The molecular formula is C16H34IN3O2. The molecule has 132 valence electrons. The Morgan fingerprint density at radius 2 is 1.82 bits per heavy atom. The van der Waals surface area contributed by atoms with Crippen LogP contribution in [0.2, 0.25) is 0 Å². The molecule has 0 spiro atoms. The average molecular weight is 427 g/mol. The summed E-state index contributed by atoms with van der Waals surface area (Å²) in [5, 5.41) is 6.70. The minimum absolute atomic E-state index is 0. The molecule has 0 aromatic rings. The number of hydrogen-bond acceptors (Lipinski definition) is 3. The zero-order chi connectivity index (χ0) is 15.4. The van der Waals surface area contributed by atoms with Gasteiger partial charge in [-0.2, -0.15) is 0 Å². The molecule has 2 N–H and O–H groups in total. The van der Waals surface area contributed by atoms with E-state index in [1.165, 1.54) is 19.3 Å². The lowest BCUT2D eigenvalue weighted by Crippen LogP contribution is -2.50. The second kappa shape index (κ2) is 13.4. The molecule has 0 saturated heterocycles. The van der Waals surface area contributed by atoms with Gasteiger partial charge in [-0.05, 0) is 26.2 Å². The maximum Gasteiger partial charge on any atom is 0.191 e. The van der Waals surface area contributed by atoms with Crippen LogP contribution in [0.25, 0.3) is 0 Å². The number of guanidine groups is 1. The first-order valence-corrected chi connectivity index (χ1v) is 8.42. The molecule has 0 bridgehead atoms. The van der Waals surface area contributed by atoms with Gasteiger partial charge in [-0.25, -0.2) is 0 Å². The molecule has 1 aliphatic rings. The summed E-state index contributed by atoms with van der Waals surface area (Å²) in [4.78, 5) is 4.26. The molecule has 22 heavy (non-hydrogen) atoms. The van der Waals surface area contributed by atoms with Crippen molar-refractivity contribution >= 4 is 29.9 Å². The number of hydrogen-bond donors (Lipinski definition) is 2. The zero-order valence-electron chi connectivity index (χ0n) is 14.5. The Morgan fingerprint density at radius 3 is 2.41 bits per heavy atom. The van der Waals surface area contributed by atoms with E-state index >= 15 is 0 Å². The molecule has 6 heteroatoms. The fraction of sp³-hybridized carbons (Fsp3) is 0.938. The van der Waals surface area contributed by atoms with Crippen LogP contribution in [0, 0.1) is 0 Å². The third-order valence-electron chi connectivity index (χ3n) is 3.92. The van der Waals surface area contributed by atoms with Gasteiger partial charge in [-0.1, -0.05) is 26.2 Å². The fourth-order valence-corrected chi connectivity index (χ4v) is 2.74. The van der Waals surface area contributed by atoms with Crippen molar-refractivity contribution < 1.29 is 9.47 Å². The standard InChI is InChI=1S/C16H33N3O2.HI/c1-4-12-21-16(9-7-6-8-10-16)14-19-15(17-3)18-11-13-20-5-2;/h4-14H2,1-3H3,(H2,17,18,19);1H.